The minimum absolute atomic E-state index is 0.0847. The molecule has 6 heteroatoms. The standard InChI is InChI=1S/C18H17NO4S/c1-3-23-18(22)14-10-13(17-19(16(14)21)8-9-24-17)15(20)12-6-4-11(2)5-7-12/h4-7,10H,3,8-9H2,1-2H3. The third kappa shape index (κ3) is 2.89. The van der Waals surface area contributed by atoms with E-state index >= 15 is 0 Å². The van der Waals surface area contributed by atoms with Crippen LogP contribution < -0.4 is 5.56 Å². The first-order valence-electron chi connectivity index (χ1n) is 7.72. The lowest BCUT2D eigenvalue weighted by molar-refractivity contribution is 0.0523. The van der Waals surface area contributed by atoms with Crippen molar-refractivity contribution in [3.05, 3.63) is 62.9 Å². The summed E-state index contributed by atoms with van der Waals surface area (Å²) >= 11 is 1.46. The molecule has 0 atom stereocenters. The van der Waals surface area contributed by atoms with Gasteiger partial charge in [0.25, 0.3) is 5.56 Å². The Kier molecular flexibility index (Phi) is 4.57. The molecular formula is C18H17NO4S. The Morgan fingerprint density at radius 3 is 2.58 bits per heavy atom. The van der Waals surface area contributed by atoms with E-state index < -0.39 is 11.5 Å². The van der Waals surface area contributed by atoms with Crippen molar-refractivity contribution in [3.63, 3.8) is 0 Å². The van der Waals surface area contributed by atoms with Gasteiger partial charge in [0.15, 0.2) is 5.78 Å². The van der Waals surface area contributed by atoms with Crippen LogP contribution in [0, 0.1) is 6.92 Å². The van der Waals surface area contributed by atoms with Gasteiger partial charge in [-0.1, -0.05) is 29.8 Å². The van der Waals surface area contributed by atoms with Gasteiger partial charge in [-0.05, 0) is 19.9 Å². The van der Waals surface area contributed by atoms with Crippen LogP contribution in [0.3, 0.4) is 0 Å². The van der Waals surface area contributed by atoms with Gasteiger partial charge in [-0.3, -0.25) is 9.59 Å². The Hall–Kier alpha value is -2.34. The molecule has 2 aromatic rings. The number of aryl methyl sites for hydroxylation is 1. The topological polar surface area (TPSA) is 65.4 Å². The molecule has 0 aliphatic carbocycles. The molecule has 1 aromatic heterocycles. The number of benzene rings is 1. The van der Waals surface area contributed by atoms with Crippen LogP contribution in [0.25, 0.3) is 0 Å². The number of thioether (sulfide) groups is 1. The number of esters is 1. The molecule has 0 N–H and O–H groups in total. The van der Waals surface area contributed by atoms with Gasteiger partial charge in [0, 0.05) is 17.9 Å². The Bertz CT molecular complexity index is 868. The number of ketones is 1. The van der Waals surface area contributed by atoms with Gasteiger partial charge >= 0.3 is 5.97 Å². The number of hydrogen-bond donors (Lipinski definition) is 0. The number of pyridine rings is 1. The highest BCUT2D eigenvalue weighted by molar-refractivity contribution is 7.99. The summed E-state index contributed by atoms with van der Waals surface area (Å²) in [5, 5.41) is 0.624. The van der Waals surface area contributed by atoms with E-state index in [2.05, 4.69) is 0 Å². The zero-order valence-electron chi connectivity index (χ0n) is 13.5. The molecule has 5 nitrogen and oxygen atoms in total. The maximum absolute atomic E-state index is 12.9. The van der Waals surface area contributed by atoms with Crippen LogP contribution in [0.15, 0.2) is 40.2 Å². The highest BCUT2D eigenvalue weighted by Crippen LogP contribution is 2.29. The smallest absolute Gasteiger partial charge is 0.343 e. The highest BCUT2D eigenvalue weighted by atomic mass is 32.2. The fourth-order valence-electron chi connectivity index (χ4n) is 2.62. The molecule has 124 valence electrons. The first-order valence-corrected chi connectivity index (χ1v) is 8.70. The SMILES string of the molecule is CCOC(=O)c1cc(C(=O)c2ccc(C)cc2)c2n(c1=O)CCS2. The Balaban J connectivity index is 2.13. The molecule has 0 amide bonds. The lowest BCUT2D eigenvalue weighted by Gasteiger charge is -2.11. The molecule has 3 rings (SSSR count). The van der Waals surface area contributed by atoms with Gasteiger partial charge in [0.05, 0.1) is 17.2 Å². The molecule has 0 saturated heterocycles. The molecule has 0 saturated carbocycles. The molecule has 0 unspecified atom stereocenters. The van der Waals surface area contributed by atoms with E-state index in [-0.39, 0.29) is 18.0 Å². The second-order valence-electron chi connectivity index (χ2n) is 5.50. The maximum atomic E-state index is 12.9. The molecule has 0 bridgehead atoms. The Labute approximate surface area is 143 Å². The van der Waals surface area contributed by atoms with Gasteiger partial charge in [-0.2, -0.15) is 0 Å². The highest BCUT2D eigenvalue weighted by Gasteiger charge is 2.27. The van der Waals surface area contributed by atoms with Gasteiger partial charge in [0.2, 0.25) is 0 Å². The van der Waals surface area contributed by atoms with Crippen molar-refractivity contribution in [3.8, 4) is 0 Å². The first kappa shape index (κ1) is 16.5. The first-order chi connectivity index (χ1) is 11.5. The van der Waals surface area contributed by atoms with E-state index in [0.717, 1.165) is 5.56 Å². The van der Waals surface area contributed by atoms with E-state index in [9.17, 15) is 14.4 Å². The normalized spacial score (nSPS) is 12.8. The molecule has 0 radical (unpaired) electrons. The van der Waals surface area contributed by atoms with Crippen LogP contribution in [0.2, 0.25) is 0 Å². The van der Waals surface area contributed by atoms with Crippen molar-refractivity contribution in [1.82, 2.24) is 4.57 Å². The minimum atomic E-state index is -0.687. The van der Waals surface area contributed by atoms with Crippen molar-refractivity contribution in [2.75, 3.05) is 12.4 Å². The summed E-state index contributed by atoms with van der Waals surface area (Å²) in [5.41, 5.74) is 1.49. The summed E-state index contributed by atoms with van der Waals surface area (Å²) in [6, 6.07) is 8.61. The predicted molar refractivity (Wildman–Crippen MR) is 92.0 cm³/mol. The molecule has 0 fully saturated rings. The lowest BCUT2D eigenvalue weighted by atomic mass is 10.0. The van der Waals surface area contributed by atoms with Crippen LogP contribution in [-0.2, 0) is 11.3 Å². The second kappa shape index (κ2) is 6.65. The average molecular weight is 343 g/mol. The van der Waals surface area contributed by atoms with Crippen LogP contribution in [0.1, 0.15) is 38.8 Å². The van der Waals surface area contributed by atoms with Gasteiger partial charge in [-0.25, -0.2) is 4.79 Å². The third-order valence-electron chi connectivity index (χ3n) is 3.85. The minimum Gasteiger partial charge on any atom is -0.462 e. The molecule has 1 aliphatic rings. The zero-order chi connectivity index (χ0) is 17.3. The van der Waals surface area contributed by atoms with Crippen LogP contribution in [0.4, 0.5) is 0 Å². The number of ether oxygens (including phenoxy) is 1. The van der Waals surface area contributed by atoms with Crippen LogP contribution >= 0.6 is 11.8 Å². The summed E-state index contributed by atoms with van der Waals surface area (Å²) in [7, 11) is 0. The Morgan fingerprint density at radius 2 is 1.92 bits per heavy atom. The Morgan fingerprint density at radius 1 is 1.21 bits per heavy atom. The number of fused-ring (bicyclic) bond motifs is 1. The number of hydrogen-bond acceptors (Lipinski definition) is 5. The molecule has 2 heterocycles. The van der Waals surface area contributed by atoms with Crippen molar-refractivity contribution in [1.29, 1.82) is 0 Å². The molecule has 1 aliphatic heterocycles. The second-order valence-corrected chi connectivity index (χ2v) is 6.58. The van der Waals surface area contributed by atoms with E-state index in [1.807, 2.05) is 19.1 Å². The summed E-state index contributed by atoms with van der Waals surface area (Å²) in [6.45, 7) is 4.29. The number of carbonyl (C=O) groups excluding carboxylic acids is 2. The molecular weight excluding hydrogens is 326 g/mol. The molecule has 0 spiro atoms. The van der Waals surface area contributed by atoms with Crippen molar-refractivity contribution in [2.24, 2.45) is 0 Å². The summed E-state index contributed by atoms with van der Waals surface area (Å²) in [5.74, 6) is -0.179. The fourth-order valence-corrected chi connectivity index (χ4v) is 3.73. The van der Waals surface area contributed by atoms with Crippen molar-refractivity contribution in [2.45, 2.75) is 25.4 Å². The number of rotatable bonds is 4. The van der Waals surface area contributed by atoms with E-state index in [0.29, 0.717) is 28.5 Å². The average Bonchev–Trinajstić information content (AvgIpc) is 3.06. The molecule has 1 aromatic carbocycles. The van der Waals surface area contributed by atoms with Crippen LogP contribution in [-0.4, -0.2) is 28.7 Å². The number of aromatic nitrogens is 1. The quantitative estimate of drug-likeness (QED) is 0.631. The summed E-state index contributed by atoms with van der Waals surface area (Å²) < 4.78 is 6.45. The van der Waals surface area contributed by atoms with Crippen molar-refractivity contribution < 1.29 is 14.3 Å². The summed E-state index contributed by atoms with van der Waals surface area (Å²) in [6.07, 6.45) is 0. The lowest BCUT2D eigenvalue weighted by Crippen LogP contribution is -2.28. The zero-order valence-corrected chi connectivity index (χ0v) is 14.3. The fraction of sp³-hybridized carbons (Fsp3) is 0.278. The summed E-state index contributed by atoms with van der Waals surface area (Å²) in [4.78, 5) is 37.4. The number of carbonyl (C=O) groups is 2. The monoisotopic (exact) mass is 343 g/mol. The maximum Gasteiger partial charge on any atom is 0.343 e. The van der Waals surface area contributed by atoms with Crippen molar-refractivity contribution >= 4 is 23.5 Å². The van der Waals surface area contributed by atoms with E-state index in [4.69, 9.17) is 4.74 Å². The van der Waals surface area contributed by atoms with Gasteiger partial charge in [-0.15, -0.1) is 11.8 Å². The molecule has 24 heavy (non-hydrogen) atoms. The number of nitrogens with zero attached hydrogens (tertiary/aromatic N) is 1. The van der Waals surface area contributed by atoms with E-state index in [1.54, 1.807) is 19.1 Å². The van der Waals surface area contributed by atoms with E-state index in [1.165, 1.54) is 22.4 Å². The van der Waals surface area contributed by atoms with Gasteiger partial charge < -0.3 is 9.30 Å². The predicted octanol–water partition coefficient (Wildman–Crippen LogP) is 2.67. The largest absolute Gasteiger partial charge is 0.462 e. The van der Waals surface area contributed by atoms with Crippen LogP contribution in [0.5, 0.6) is 0 Å². The third-order valence-corrected chi connectivity index (χ3v) is 4.95. The van der Waals surface area contributed by atoms with Gasteiger partial charge in [0.1, 0.15) is 5.56 Å².